The number of carbonyl (C=O) groups excluding carboxylic acids is 1. The quantitative estimate of drug-likeness (QED) is 0.834. The molecule has 1 atom stereocenters. The zero-order valence-corrected chi connectivity index (χ0v) is 15.0. The van der Waals surface area contributed by atoms with Crippen LogP contribution in [0.15, 0.2) is 12.1 Å². The zero-order valence-electron chi connectivity index (χ0n) is 15.0. The molecule has 1 fully saturated rings. The average molecular weight is 319 g/mol. The number of carbonyl (C=O) groups is 1. The van der Waals surface area contributed by atoms with E-state index in [0.29, 0.717) is 18.6 Å². The Morgan fingerprint density at radius 3 is 2.22 bits per heavy atom. The standard InChI is InChI=1S/C15H19NO3.C4H10/c1-18-14-7-10-3-5-16-6-4-11(17)8-13(16)12(10)9-15(14)19-2;1-4(2)3/h7,9,13H,3-6,8H2,1-2H3;4H,1-3H3. The number of piperidine rings is 1. The van der Waals surface area contributed by atoms with E-state index in [1.54, 1.807) is 14.2 Å². The van der Waals surface area contributed by atoms with Crippen LogP contribution in [0.2, 0.25) is 0 Å². The summed E-state index contributed by atoms with van der Waals surface area (Å²) in [5.41, 5.74) is 2.52. The molecule has 4 heteroatoms. The third kappa shape index (κ3) is 4.25. The molecule has 0 amide bonds. The molecule has 0 N–H and O–H groups in total. The second kappa shape index (κ2) is 7.82. The summed E-state index contributed by atoms with van der Waals surface area (Å²) in [5.74, 6) is 2.72. The molecule has 2 heterocycles. The molecule has 0 saturated carbocycles. The predicted octanol–water partition coefficient (Wildman–Crippen LogP) is 3.63. The molecule has 1 unspecified atom stereocenters. The second-order valence-corrected chi connectivity index (χ2v) is 6.93. The highest BCUT2D eigenvalue weighted by molar-refractivity contribution is 5.80. The Hall–Kier alpha value is -1.55. The number of Topliss-reactive ketones (excluding diaryl/α,β-unsaturated/α-hetero) is 1. The van der Waals surface area contributed by atoms with Gasteiger partial charge in [0, 0.05) is 32.0 Å². The van der Waals surface area contributed by atoms with E-state index in [1.807, 2.05) is 6.07 Å². The van der Waals surface area contributed by atoms with Gasteiger partial charge in [-0.3, -0.25) is 9.69 Å². The summed E-state index contributed by atoms with van der Waals surface area (Å²) in [6.07, 6.45) is 2.34. The van der Waals surface area contributed by atoms with Crippen LogP contribution in [-0.4, -0.2) is 38.0 Å². The molecule has 2 aliphatic rings. The van der Waals surface area contributed by atoms with Crippen molar-refractivity contribution in [3.63, 3.8) is 0 Å². The molecule has 1 aromatic carbocycles. The van der Waals surface area contributed by atoms with E-state index < -0.39 is 0 Å². The van der Waals surface area contributed by atoms with Crippen molar-refractivity contribution >= 4 is 5.78 Å². The Morgan fingerprint density at radius 2 is 1.61 bits per heavy atom. The van der Waals surface area contributed by atoms with Gasteiger partial charge in [-0.15, -0.1) is 0 Å². The van der Waals surface area contributed by atoms with Gasteiger partial charge in [0.15, 0.2) is 11.5 Å². The van der Waals surface area contributed by atoms with Crippen molar-refractivity contribution < 1.29 is 14.3 Å². The summed E-state index contributed by atoms with van der Waals surface area (Å²) in [7, 11) is 3.31. The van der Waals surface area contributed by atoms with Crippen molar-refractivity contribution in [1.82, 2.24) is 4.90 Å². The molecule has 0 bridgehead atoms. The van der Waals surface area contributed by atoms with Crippen LogP contribution < -0.4 is 9.47 Å². The van der Waals surface area contributed by atoms with E-state index >= 15 is 0 Å². The number of fused-ring (bicyclic) bond motifs is 3. The number of hydrogen-bond donors (Lipinski definition) is 0. The molecule has 0 aliphatic carbocycles. The largest absolute Gasteiger partial charge is 0.493 e. The highest BCUT2D eigenvalue weighted by Crippen LogP contribution is 2.40. The smallest absolute Gasteiger partial charge is 0.161 e. The maximum absolute atomic E-state index is 11.7. The lowest BCUT2D eigenvalue weighted by Gasteiger charge is -2.40. The van der Waals surface area contributed by atoms with Crippen LogP contribution in [0, 0.1) is 5.92 Å². The average Bonchev–Trinajstić information content (AvgIpc) is 2.52. The third-order valence-corrected chi connectivity index (χ3v) is 4.21. The van der Waals surface area contributed by atoms with Crippen molar-refractivity contribution in [1.29, 1.82) is 0 Å². The summed E-state index contributed by atoms with van der Waals surface area (Å²) in [6, 6.07) is 4.33. The minimum atomic E-state index is 0.227. The number of ether oxygens (including phenoxy) is 2. The number of ketones is 1. The highest BCUT2D eigenvalue weighted by Gasteiger charge is 2.33. The van der Waals surface area contributed by atoms with Gasteiger partial charge >= 0.3 is 0 Å². The predicted molar refractivity (Wildman–Crippen MR) is 92.3 cm³/mol. The van der Waals surface area contributed by atoms with Gasteiger partial charge in [0.25, 0.3) is 0 Å². The van der Waals surface area contributed by atoms with Crippen molar-refractivity contribution in [2.75, 3.05) is 27.3 Å². The molecule has 0 radical (unpaired) electrons. The molecule has 3 rings (SSSR count). The fourth-order valence-electron chi connectivity index (χ4n) is 3.17. The second-order valence-electron chi connectivity index (χ2n) is 6.93. The van der Waals surface area contributed by atoms with Gasteiger partial charge in [0.1, 0.15) is 5.78 Å². The molecule has 128 valence electrons. The fourth-order valence-corrected chi connectivity index (χ4v) is 3.17. The normalized spacial score (nSPS) is 20.3. The van der Waals surface area contributed by atoms with Crippen LogP contribution in [-0.2, 0) is 11.2 Å². The van der Waals surface area contributed by atoms with E-state index in [2.05, 4.69) is 31.7 Å². The lowest BCUT2D eigenvalue weighted by molar-refractivity contribution is -0.123. The van der Waals surface area contributed by atoms with Crippen LogP contribution in [0.1, 0.15) is 50.8 Å². The van der Waals surface area contributed by atoms with Crippen LogP contribution in [0.4, 0.5) is 0 Å². The first kappa shape index (κ1) is 17.8. The monoisotopic (exact) mass is 319 g/mol. The van der Waals surface area contributed by atoms with Gasteiger partial charge in [-0.2, -0.15) is 0 Å². The Kier molecular flexibility index (Phi) is 6.05. The minimum Gasteiger partial charge on any atom is -0.493 e. The molecular weight excluding hydrogens is 290 g/mol. The van der Waals surface area contributed by atoms with Crippen molar-refractivity contribution in [2.45, 2.75) is 46.1 Å². The maximum atomic E-state index is 11.7. The fraction of sp³-hybridized carbons (Fsp3) is 0.632. The van der Waals surface area contributed by atoms with Crippen LogP contribution in [0.5, 0.6) is 11.5 Å². The molecule has 2 aliphatic heterocycles. The lowest BCUT2D eigenvalue weighted by atomic mass is 9.86. The summed E-state index contributed by atoms with van der Waals surface area (Å²) in [5, 5.41) is 0. The molecule has 0 aromatic heterocycles. The number of benzene rings is 1. The highest BCUT2D eigenvalue weighted by atomic mass is 16.5. The Balaban J connectivity index is 0.000000433. The van der Waals surface area contributed by atoms with Gasteiger partial charge in [-0.1, -0.05) is 20.8 Å². The number of methoxy groups -OCH3 is 2. The number of hydrogen-bond acceptors (Lipinski definition) is 4. The molecule has 4 nitrogen and oxygen atoms in total. The Bertz CT molecular complexity index is 551. The Labute approximate surface area is 139 Å². The van der Waals surface area contributed by atoms with E-state index in [-0.39, 0.29) is 6.04 Å². The maximum Gasteiger partial charge on any atom is 0.161 e. The Morgan fingerprint density at radius 1 is 1.04 bits per heavy atom. The molecular formula is C19H29NO3. The summed E-state index contributed by atoms with van der Waals surface area (Å²) in [6.45, 7) is 8.41. The van der Waals surface area contributed by atoms with Gasteiger partial charge in [0.05, 0.1) is 14.2 Å². The van der Waals surface area contributed by atoms with Gasteiger partial charge in [0.2, 0.25) is 0 Å². The van der Waals surface area contributed by atoms with Gasteiger partial charge in [-0.25, -0.2) is 0 Å². The van der Waals surface area contributed by atoms with Gasteiger partial charge in [-0.05, 0) is 35.6 Å². The van der Waals surface area contributed by atoms with E-state index in [9.17, 15) is 4.79 Å². The lowest BCUT2D eigenvalue weighted by Crippen LogP contribution is -2.41. The first-order valence-corrected chi connectivity index (χ1v) is 8.46. The first-order chi connectivity index (χ1) is 11.0. The summed E-state index contributed by atoms with van der Waals surface area (Å²) >= 11 is 0. The number of nitrogens with zero attached hydrogens (tertiary/aromatic N) is 1. The SMILES string of the molecule is CC(C)C.COc1cc2c(cc1OC)C1CC(=O)CCN1CC2. The van der Waals surface area contributed by atoms with Crippen LogP contribution in [0.25, 0.3) is 0 Å². The molecule has 1 saturated heterocycles. The van der Waals surface area contributed by atoms with Crippen molar-refractivity contribution in [2.24, 2.45) is 5.92 Å². The number of rotatable bonds is 2. The van der Waals surface area contributed by atoms with E-state index in [1.165, 1.54) is 11.1 Å². The molecule has 0 spiro atoms. The molecule has 1 aromatic rings. The van der Waals surface area contributed by atoms with Crippen molar-refractivity contribution in [3.8, 4) is 11.5 Å². The van der Waals surface area contributed by atoms with Crippen LogP contribution in [0.3, 0.4) is 0 Å². The third-order valence-electron chi connectivity index (χ3n) is 4.21. The summed E-state index contributed by atoms with van der Waals surface area (Å²) in [4.78, 5) is 14.1. The molecule has 23 heavy (non-hydrogen) atoms. The van der Waals surface area contributed by atoms with Crippen LogP contribution >= 0.6 is 0 Å². The zero-order chi connectivity index (χ0) is 17.0. The van der Waals surface area contributed by atoms with E-state index in [4.69, 9.17) is 9.47 Å². The van der Waals surface area contributed by atoms with Crippen molar-refractivity contribution in [3.05, 3.63) is 23.3 Å². The topological polar surface area (TPSA) is 38.8 Å². The summed E-state index contributed by atoms with van der Waals surface area (Å²) < 4.78 is 10.7. The van der Waals surface area contributed by atoms with Gasteiger partial charge < -0.3 is 9.47 Å². The van der Waals surface area contributed by atoms with E-state index in [0.717, 1.165) is 36.9 Å². The minimum absolute atomic E-state index is 0.227. The first-order valence-electron chi connectivity index (χ1n) is 8.46.